The van der Waals surface area contributed by atoms with E-state index in [1.165, 1.54) is 38.5 Å². The van der Waals surface area contributed by atoms with Crippen LogP contribution in [-0.4, -0.2) is 39.9 Å². The van der Waals surface area contributed by atoms with Gasteiger partial charge in [-0.3, -0.25) is 4.79 Å². The van der Waals surface area contributed by atoms with Crippen molar-refractivity contribution in [3.8, 4) is 0 Å². The van der Waals surface area contributed by atoms with E-state index in [0.717, 1.165) is 18.2 Å². The summed E-state index contributed by atoms with van der Waals surface area (Å²) in [5, 5.41) is 0. The first-order valence-corrected chi connectivity index (χ1v) is 7.67. The normalized spacial score (nSPS) is 25.4. The van der Waals surface area contributed by atoms with Crippen LogP contribution >= 0.6 is 0 Å². The monoisotopic (exact) mass is 278 g/mol. The molecule has 5 heteroatoms. The molecule has 1 amide bonds. The molecule has 0 spiro atoms. The predicted molar refractivity (Wildman–Crippen MR) is 79.1 cm³/mol. The summed E-state index contributed by atoms with van der Waals surface area (Å²) in [5.41, 5.74) is 6.54. The molecule has 2 atom stereocenters. The van der Waals surface area contributed by atoms with Crippen LogP contribution in [0.5, 0.6) is 0 Å². The Morgan fingerprint density at radius 1 is 1.40 bits per heavy atom. The summed E-state index contributed by atoms with van der Waals surface area (Å²) in [6.07, 6.45) is 11.1. The molecule has 2 unspecified atom stereocenters. The Labute approximate surface area is 120 Å². The minimum atomic E-state index is 0.154. The molecule has 1 aliphatic carbocycles. The fourth-order valence-corrected chi connectivity index (χ4v) is 3.38. The lowest BCUT2D eigenvalue weighted by atomic mass is 9.78. The van der Waals surface area contributed by atoms with Gasteiger partial charge in [0.1, 0.15) is 0 Å². The first-order chi connectivity index (χ1) is 9.72. The molecular weight excluding hydrogens is 252 g/mol. The Hall–Kier alpha value is -1.36. The van der Waals surface area contributed by atoms with E-state index in [-0.39, 0.29) is 12.5 Å². The number of H-pyrrole nitrogens is 1. The maximum absolute atomic E-state index is 11.6. The lowest BCUT2D eigenvalue weighted by Gasteiger charge is -2.44. The van der Waals surface area contributed by atoms with E-state index in [2.05, 4.69) is 9.97 Å². The van der Waals surface area contributed by atoms with E-state index in [1.807, 2.05) is 11.8 Å². The van der Waals surface area contributed by atoms with Gasteiger partial charge in [0, 0.05) is 24.5 Å². The summed E-state index contributed by atoms with van der Waals surface area (Å²) in [6.45, 7) is 3.09. The fraction of sp³-hybridized carbons (Fsp3) is 0.733. The number of likely N-dealkylation sites (tertiary alicyclic amines) is 1. The average molecular weight is 278 g/mol. The van der Waals surface area contributed by atoms with Crippen molar-refractivity contribution >= 4 is 5.91 Å². The van der Waals surface area contributed by atoms with Gasteiger partial charge in [0.25, 0.3) is 0 Å². The third-order valence-electron chi connectivity index (χ3n) is 4.37. The number of fused-ring (bicyclic) bond motifs is 1. The number of hydrogen-bond donors (Lipinski definition) is 2. The number of nitrogens with one attached hydrogen (secondary N) is 1. The second kappa shape index (κ2) is 7.43. The lowest BCUT2D eigenvalue weighted by molar-refractivity contribution is -0.135. The van der Waals surface area contributed by atoms with Gasteiger partial charge in [-0.15, -0.1) is 0 Å². The first-order valence-electron chi connectivity index (χ1n) is 7.67. The van der Waals surface area contributed by atoms with Crippen molar-refractivity contribution in [2.75, 3.05) is 13.1 Å². The Bertz CT molecular complexity index is 402. The van der Waals surface area contributed by atoms with E-state index in [0.29, 0.717) is 6.04 Å². The van der Waals surface area contributed by atoms with Crippen molar-refractivity contribution in [1.29, 1.82) is 0 Å². The van der Waals surface area contributed by atoms with Gasteiger partial charge in [0.2, 0.25) is 5.91 Å². The molecule has 1 aliphatic heterocycles. The second-order valence-corrected chi connectivity index (χ2v) is 5.78. The number of nitrogens with zero attached hydrogens (tertiary/aromatic N) is 2. The van der Waals surface area contributed by atoms with Gasteiger partial charge in [-0.1, -0.05) is 12.8 Å². The van der Waals surface area contributed by atoms with Crippen molar-refractivity contribution in [3.63, 3.8) is 0 Å². The number of rotatable bonds is 1. The summed E-state index contributed by atoms with van der Waals surface area (Å²) in [4.78, 5) is 20.3. The number of piperidine rings is 1. The highest BCUT2D eigenvalue weighted by molar-refractivity contribution is 5.78. The zero-order valence-electron chi connectivity index (χ0n) is 12.3. The van der Waals surface area contributed by atoms with Crippen LogP contribution < -0.4 is 5.73 Å². The SMILES string of the molecule is Cc1cnc[nH]1.NCC(=O)N1CCCC2CCCCC21. The number of carbonyl (C=O) groups excluding carboxylic acids is 1. The molecule has 112 valence electrons. The summed E-state index contributed by atoms with van der Waals surface area (Å²) in [7, 11) is 0. The van der Waals surface area contributed by atoms with Gasteiger partial charge in [-0.05, 0) is 38.5 Å². The van der Waals surface area contributed by atoms with Gasteiger partial charge in [-0.25, -0.2) is 4.98 Å². The van der Waals surface area contributed by atoms with Crippen molar-refractivity contribution in [1.82, 2.24) is 14.9 Å². The number of nitrogens with two attached hydrogens (primary N) is 1. The Kier molecular flexibility index (Phi) is 5.59. The molecule has 0 radical (unpaired) electrons. The maximum Gasteiger partial charge on any atom is 0.236 e. The number of aromatic nitrogens is 2. The van der Waals surface area contributed by atoms with Crippen LogP contribution in [0.15, 0.2) is 12.5 Å². The van der Waals surface area contributed by atoms with Crippen molar-refractivity contribution in [2.24, 2.45) is 11.7 Å². The van der Waals surface area contributed by atoms with E-state index < -0.39 is 0 Å². The number of hydrogen-bond acceptors (Lipinski definition) is 3. The minimum absolute atomic E-state index is 0.154. The molecule has 1 aromatic rings. The van der Waals surface area contributed by atoms with Gasteiger partial charge in [-0.2, -0.15) is 0 Å². The third kappa shape index (κ3) is 3.82. The lowest BCUT2D eigenvalue weighted by Crippen LogP contribution is -2.51. The number of amides is 1. The number of aromatic amines is 1. The quantitative estimate of drug-likeness (QED) is 0.823. The summed E-state index contributed by atoms with van der Waals surface area (Å²) in [5.74, 6) is 0.926. The third-order valence-corrected chi connectivity index (χ3v) is 4.37. The molecule has 2 fully saturated rings. The number of carbonyl (C=O) groups is 1. The molecule has 1 saturated heterocycles. The fourth-order valence-electron chi connectivity index (χ4n) is 3.38. The Balaban J connectivity index is 0.000000205. The largest absolute Gasteiger partial charge is 0.349 e. The molecule has 3 rings (SSSR count). The second-order valence-electron chi connectivity index (χ2n) is 5.78. The zero-order chi connectivity index (χ0) is 14.4. The van der Waals surface area contributed by atoms with Crippen molar-refractivity contribution in [3.05, 3.63) is 18.2 Å². The van der Waals surface area contributed by atoms with Gasteiger partial charge in [0.05, 0.1) is 12.9 Å². The molecule has 0 aromatic carbocycles. The van der Waals surface area contributed by atoms with Crippen LogP contribution in [0.3, 0.4) is 0 Å². The van der Waals surface area contributed by atoms with Crippen LogP contribution in [-0.2, 0) is 4.79 Å². The van der Waals surface area contributed by atoms with Gasteiger partial charge < -0.3 is 15.6 Å². The van der Waals surface area contributed by atoms with Crippen molar-refractivity contribution < 1.29 is 4.79 Å². The zero-order valence-corrected chi connectivity index (χ0v) is 12.3. The Morgan fingerprint density at radius 3 is 2.75 bits per heavy atom. The van der Waals surface area contributed by atoms with Gasteiger partial charge >= 0.3 is 0 Å². The van der Waals surface area contributed by atoms with Crippen molar-refractivity contribution in [2.45, 2.75) is 51.5 Å². The minimum Gasteiger partial charge on any atom is -0.349 e. The highest BCUT2D eigenvalue weighted by Crippen LogP contribution is 2.35. The topological polar surface area (TPSA) is 75.0 Å². The molecule has 3 N–H and O–H groups in total. The van der Waals surface area contributed by atoms with Crippen LogP contribution in [0.2, 0.25) is 0 Å². The molecule has 5 nitrogen and oxygen atoms in total. The highest BCUT2D eigenvalue weighted by Gasteiger charge is 2.34. The molecule has 0 bridgehead atoms. The van der Waals surface area contributed by atoms with Crippen LogP contribution in [0.25, 0.3) is 0 Å². The smallest absolute Gasteiger partial charge is 0.236 e. The maximum atomic E-state index is 11.6. The summed E-state index contributed by atoms with van der Waals surface area (Å²) < 4.78 is 0. The van der Waals surface area contributed by atoms with E-state index in [1.54, 1.807) is 12.5 Å². The van der Waals surface area contributed by atoms with E-state index >= 15 is 0 Å². The van der Waals surface area contributed by atoms with Crippen LogP contribution in [0.4, 0.5) is 0 Å². The van der Waals surface area contributed by atoms with E-state index in [9.17, 15) is 4.79 Å². The van der Waals surface area contributed by atoms with Crippen LogP contribution in [0, 0.1) is 12.8 Å². The molecule has 1 saturated carbocycles. The molecular formula is C15H26N4O. The molecule has 1 aromatic heterocycles. The standard InChI is InChI=1S/C11H20N2O.C4H6N2/c12-8-11(14)13-7-3-5-9-4-1-2-6-10(9)13;1-4-2-5-3-6-4/h9-10H,1-8,12H2;2-3H,1H3,(H,5,6). The summed E-state index contributed by atoms with van der Waals surface area (Å²) >= 11 is 0. The van der Waals surface area contributed by atoms with Crippen LogP contribution in [0.1, 0.15) is 44.2 Å². The number of aryl methyl sites for hydroxylation is 1. The Morgan fingerprint density at radius 2 is 2.15 bits per heavy atom. The predicted octanol–water partition coefficient (Wildman–Crippen LogP) is 1.84. The van der Waals surface area contributed by atoms with Gasteiger partial charge in [0.15, 0.2) is 0 Å². The first kappa shape index (κ1) is 15.0. The summed E-state index contributed by atoms with van der Waals surface area (Å²) in [6, 6.07) is 0.522. The highest BCUT2D eigenvalue weighted by atomic mass is 16.2. The number of imidazole rings is 1. The molecule has 20 heavy (non-hydrogen) atoms. The average Bonchev–Trinajstić information content (AvgIpc) is 2.97. The van der Waals surface area contributed by atoms with E-state index in [4.69, 9.17) is 5.73 Å². The molecule has 2 heterocycles. The molecule has 2 aliphatic rings.